The van der Waals surface area contributed by atoms with Gasteiger partial charge in [-0.25, -0.2) is 4.98 Å². The van der Waals surface area contributed by atoms with Gasteiger partial charge >= 0.3 is 6.18 Å². The molecule has 0 radical (unpaired) electrons. The van der Waals surface area contributed by atoms with Gasteiger partial charge in [-0.3, -0.25) is 9.69 Å². The van der Waals surface area contributed by atoms with E-state index in [2.05, 4.69) is 27.5 Å². The Morgan fingerprint density at radius 2 is 2.21 bits per heavy atom. The summed E-state index contributed by atoms with van der Waals surface area (Å²) >= 11 is 3.04. The number of nitrogens with zero attached hydrogens (tertiary/aromatic N) is 2. The van der Waals surface area contributed by atoms with E-state index in [1.807, 2.05) is 0 Å². The van der Waals surface area contributed by atoms with Crippen LogP contribution in [0.2, 0.25) is 0 Å². The molecule has 1 aliphatic rings. The van der Waals surface area contributed by atoms with Crippen LogP contribution < -0.4 is 4.90 Å². The fourth-order valence-corrected chi connectivity index (χ4v) is 2.45. The van der Waals surface area contributed by atoms with E-state index in [9.17, 15) is 18.0 Å². The Labute approximate surface area is 116 Å². The lowest BCUT2D eigenvalue weighted by atomic mass is 10.1. The van der Waals surface area contributed by atoms with Crippen LogP contribution in [0.4, 0.5) is 19.0 Å². The number of hydrogen-bond acceptors (Lipinski definition) is 2. The van der Waals surface area contributed by atoms with Crippen LogP contribution in [0.25, 0.3) is 0 Å². The van der Waals surface area contributed by atoms with E-state index in [0.29, 0.717) is 13.0 Å². The minimum absolute atomic E-state index is 0.00323. The summed E-state index contributed by atoms with van der Waals surface area (Å²) in [6, 6.07) is 0.927. The fraction of sp³-hybridized carbons (Fsp3) is 0.333. The first kappa shape index (κ1) is 14.0. The number of carbonyl (C=O) groups is 1. The van der Waals surface area contributed by atoms with Gasteiger partial charge in [-0.2, -0.15) is 13.2 Å². The van der Waals surface area contributed by atoms with Crippen molar-refractivity contribution in [3.63, 3.8) is 0 Å². The lowest BCUT2D eigenvalue weighted by molar-refractivity contribution is -0.137. The van der Waals surface area contributed by atoms with Gasteiger partial charge in [0.25, 0.3) is 0 Å². The van der Waals surface area contributed by atoms with Crippen molar-refractivity contribution < 1.29 is 18.0 Å². The van der Waals surface area contributed by atoms with Crippen molar-refractivity contribution in [2.45, 2.75) is 12.6 Å². The molecule has 0 saturated carbocycles. The van der Waals surface area contributed by atoms with E-state index in [4.69, 9.17) is 0 Å². The maximum atomic E-state index is 12.5. The maximum absolute atomic E-state index is 12.5. The van der Waals surface area contributed by atoms with Crippen LogP contribution in [0.3, 0.4) is 0 Å². The van der Waals surface area contributed by atoms with Crippen LogP contribution in [0.5, 0.6) is 0 Å². The predicted octanol–water partition coefficient (Wildman–Crippen LogP) is 3.40. The summed E-state index contributed by atoms with van der Waals surface area (Å²) in [6.45, 7) is 4.00. The molecule has 0 N–H and O–H groups in total. The zero-order chi connectivity index (χ0) is 14.2. The number of rotatable bonds is 2. The molecule has 3 nitrogen and oxygen atoms in total. The minimum Gasteiger partial charge on any atom is -0.295 e. The molecule has 19 heavy (non-hydrogen) atoms. The molecule has 1 amide bonds. The van der Waals surface area contributed by atoms with E-state index in [0.717, 1.165) is 12.3 Å². The first-order valence-electron chi connectivity index (χ1n) is 5.48. The molecule has 1 fully saturated rings. The van der Waals surface area contributed by atoms with Crippen molar-refractivity contribution in [2.75, 3.05) is 11.4 Å². The van der Waals surface area contributed by atoms with Crippen LogP contribution >= 0.6 is 15.9 Å². The summed E-state index contributed by atoms with van der Waals surface area (Å²) in [5.74, 6) is 0.0451. The van der Waals surface area contributed by atoms with Crippen molar-refractivity contribution in [1.82, 2.24) is 4.98 Å². The Morgan fingerprint density at radius 1 is 1.53 bits per heavy atom. The lowest BCUT2D eigenvalue weighted by Crippen LogP contribution is -2.26. The third kappa shape index (κ3) is 2.80. The number of amides is 1. The Hall–Kier alpha value is -1.37. The van der Waals surface area contributed by atoms with Gasteiger partial charge in [0.15, 0.2) is 0 Å². The molecular formula is C12H10BrF3N2O. The highest BCUT2D eigenvalue weighted by Crippen LogP contribution is 2.35. The Bertz CT molecular complexity index is 530. The summed E-state index contributed by atoms with van der Waals surface area (Å²) in [4.78, 5) is 16.9. The molecule has 1 unspecified atom stereocenters. The lowest BCUT2D eigenvalue weighted by Gasteiger charge is -2.17. The number of anilines is 1. The number of pyridine rings is 1. The van der Waals surface area contributed by atoms with Gasteiger partial charge in [0, 0.05) is 25.1 Å². The third-order valence-electron chi connectivity index (χ3n) is 2.89. The van der Waals surface area contributed by atoms with Crippen LogP contribution in [0.15, 0.2) is 29.4 Å². The second kappa shape index (κ2) is 4.96. The van der Waals surface area contributed by atoms with E-state index in [1.54, 1.807) is 6.08 Å². The molecule has 1 aromatic rings. The van der Waals surface area contributed by atoms with Gasteiger partial charge in [0.1, 0.15) is 5.82 Å². The van der Waals surface area contributed by atoms with Gasteiger partial charge in [0.05, 0.1) is 10.0 Å². The average Bonchev–Trinajstić information content (AvgIpc) is 2.69. The number of hydrogen-bond donors (Lipinski definition) is 0. The molecule has 0 aliphatic carbocycles. The molecule has 102 valence electrons. The molecule has 7 heteroatoms. The summed E-state index contributed by atoms with van der Waals surface area (Å²) in [7, 11) is 0. The Balaban J connectivity index is 2.32. The quantitative estimate of drug-likeness (QED) is 0.776. The van der Waals surface area contributed by atoms with Gasteiger partial charge in [-0.15, -0.1) is 6.58 Å². The highest BCUT2D eigenvalue weighted by atomic mass is 79.9. The van der Waals surface area contributed by atoms with Crippen LogP contribution in [0, 0.1) is 5.92 Å². The molecule has 1 aliphatic heterocycles. The maximum Gasteiger partial charge on any atom is 0.417 e. The van der Waals surface area contributed by atoms with Crippen LogP contribution in [0.1, 0.15) is 12.0 Å². The van der Waals surface area contributed by atoms with Crippen molar-refractivity contribution in [3.05, 3.63) is 35.0 Å². The summed E-state index contributed by atoms with van der Waals surface area (Å²) in [5.41, 5.74) is -0.852. The van der Waals surface area contributed by atoms with Crippen molar-refractivity contribution in [2.24, 2.45) is 5.92 Å². The smallest absolute Gasteiger partial charge is 0.295 e. The monoisotopic (exact) mass is 334 g/mol. The minimum atomic E-state index is -4.45. The number of aromatic nitrogens is 1. The normalized spacial score (nSPS) is 19.9. The molecule has 0 spiro atoms. The summed E-state index contributed by atoms with van der Waals surface area (Å²) < 4.78 is 37.7. The molecule has 1 aromatic heterocycles. The SMILES string of the molecule is C=CC1CC(=O)N(c2ncc(C(F)(F)F)cc2Br)C1. The van der Waals surface area contributed by atoms with E-state index >= 15 is 0 Å². The molecule has 0 aromatic carbocycles. The standard InChI is InChI=1S/C12H10BrF3N2O/c1-2-7-3-10(19)18(6-7)11-9(13)4-8(5-17-11)12(14,15)16/h2,4-5,7H,1,3,6H2. The molecule has 1 atom stereocenters. The summed E-state index contributed by atoms with van der Waals surface area (Å²) in [5, 5.41) is 0. The fourth-order valence-electron chi connectivity index (χ4n) is 1.88. The van der Waals surface area contributed by atoms with Crippen molar-refractivity contribution in [1.29, 1.82) is 0 Å². The van der Waals surface area contributed by atoms with Crippen LogP contribution in [-0.2, 0) is 11.0 Å². The molecule has 1 saturated heterocycles. The number of alkyl halides is 3. The Kier molecular flexibility index (Phi) is 3.66. The molecular weight excluding hydrogens is 325 g/mol. The number of carbonyl (C=O) groups excluding carboxylic acids is 1. The van der Waals surface area contributed by atoms with E-state index in [-0.39, 0.29) is 22.1 Å². The van der Waals surface area contributed by atoms with E-state index in [1.165, 1.54) is 4.90 Å². The zero-order valence-electron chi connectivity index (χ0n) is 9.75. The van der Waals surface area contributed by atoms with E-state index < -0.39 is 11.7 Å². The van der Waals surface area contributed by atoms with Gasteiger partial charge < -0.3 is 0 Å². The first-order chi connectivity index (χ1) is 8.82. The largest absolute Gasteiger partial charge is 0.417 e. The Morgan fingerprint density at radius 3 is 2.68 bits per heavy atom. The predicted molar refractivity (Wildman–Crippen MR) is 67.6 cm³/mol. The van der Waals surface area contributed by atoms with Crippen molar-refractivity contribution >= 4 is 27.7 Å². The topological polar surface area (TPSA) is 33.2 Å². The highest BCUT2D eigenvalue weighted by molar-refractivity contribution is 9.10. The second-order valence-electron chi connectivity index (χ2n) is 4.23. The first-order valence-corrected chi connectivity index (χ1v) is 6.28. The zero-order valence-corrected chi connectivity index (χ0v) is 11.3. The number of halogens is 4. The summed E-state index contributed by atoms with van der Waals surface area (Å²) in [6.07, 6.45) is -1.75. The molecule has 2 heterocycles. The average molecular weight is 335 g/mol. The van der Waals surface area contributed by atoms with Gasteiger partial charge in [-0.1, -0.05) is 6.08 Å². The van der Waals surface area contributed by atoms with Crippen molar-refractivity contribution in [3.8, 4) is 0 Å². The third-order valence-corrected chi connectivity index (χ3v) is 3.48. The van der Waals surface area contributed by atoms with Gasteiger partial charge in [-0.05, 0) is 22.0 Å². The van der Waals surface area contributed by atoms with Gasteiger partial charge in [0.2, 0.25) is 5.91 Å². The molecule has 0 bridgehead atoms. The molecule has 2 rings (SSSR count). The highest BCUT2D eigenvalue weighted by Gasteiger charge is 2.34. The second-order valence-corrected chi connectivity index (χ2v) is 5.09. The van der Waals surface area contributed by atoms with Crippen LogP contribution in [-0.4, -0.2) is 17.4 Å².